The van der Waals surface area contributed by atoms with Crippen LogP contribution in [-0.4, -0.2) is 0 Å². The third-order valence-corrected chi connectivity index (χ3v) is 3.34. The van der Waals surface area contributed by atoms with Gasteiger partial charge in [0.05, 0.1) is 0 Å². The van der Waals surface area contributed by atoms with Gasteiger partial charge in [-0.15, -0.1) is 0 Å². The molecule has 0 aliphatic heterocycles. The second kappa shape index (κ2) is 6.20. The normalized spacial score (nSPS) is 14.6. The second-order valence-electron chi connectivity index (χ2n) is 4.78. The number of hydrogen-bond donors (Lipinski definition) is 0. The summed E-state index contributed by atoms with van der Waals surface area (Å²) in [4.78, 5) is 0. The molecule has 2 atom stereocenters. The Morgan fingerprint density at radius 1 is 0.611 bits per heavy atom. The first-order chi connectivity index (χ1) is 8.77. The predicted molar refractivity (Wildman–Crippen MR) is 78.9 cm³/mol. The van der Waals surface area contributed by atoms with Gasteiger partial charge in [0.15, 0.2) is 0 Å². The van der Waals surface area contributed by atoms with Crippen LogP contribution in [0.4, 0.5) is 0 Å². The van der Waals surface area contributed by atoms with Gasteiger partial charge in [-0.3, -0.25) is 0 Å². The van der Waals surface area contributed by atoms with Crippen LogP contribution in [0.3, 0.4) is 0 Å². The van der Waals surface area contributed by atoms with Crippen molar-refractivity contribution in [2.75, 3.05) is 0 Å². The summed E-state index contributed by atoms with van der Waals surface area (Å²) in [6.07, 6.45) is 4.60. The maximum atomic E-state index is 2.30. The molecule has 0 amide bonds. The second-order valence-corrected chi connectivity index (χ2v) is 4.78. The van der Waals surface area contributed by atoms with Crippen LogP contribution in [0.5, 0.6) is 0 Å². The van der Waals surface area contributed by atoms with E-state index in [4.69, 9.17) is 0 Å². The minimum absolute atomic E-state index is 0.470. The minimum atomic E-state index is 0.470. The lowest BCUT2D eigenvalue weighted by molar-refractivity contribution is 0.914. The van der Waals surface area contributed by atoms with E-state index in [1.807, 2.05) is 0 Å². The molecule has 18 heavy (non-hydrogen) atoms. The molecule has 0 aliphatic rings. The first-order valence-electron chi connectivity index (χ1n) is 6.55. The van der Waals surface area contributed by atoms with Crippen molar-refractivity contribution in [2.24, 2.45) is 0 Å². The SMILES string of the molecule is CC(/C=C/[C@@H](C)c1ccccc1)c1ccccc1. The Morgan fingerprint density at radius 2 is 0.944 bits per heavy atom. The maximum Gasteiger partial charge on any atom is -0.00102 e. The number of hydrogen-bond acceptors (Lipinski definition) is 0. The van der Waals surface area contributed by atoms with Crippen molar-refractivity contribution in [1.29, 1.82) is 0 Å². The van der Waals surface area contributed by atoms with E-state index < -0.39 is 0 Å². The first-order valence-corrected chi connectivity index (χ1v) is 6.55. The van der Waals surface area contributed by atoms with Crippen LogP contribution in [0.1, 0.15) is 36.8 Å². The van der Waals surface area contributed by atoms with Gasteiger partial charge < -0.3 is 0 Å². The van der Waals surface area contributed by atoms with Gasteiger partial charge in [0.2, 0.25) is 0 Å². The van der Waals surface area contributed by atoms with Gasteiger partial charge in [-0.2, -0.15) is 0 Å². The Morgan fingerprint density at radius 3 is 1.28 bits per heavy atom. The third kappa shape index (κ3) is 3.33. The molecule has 0 heterocycles. The molecule has 0 saturated heterocycles. The van der Waals surface area contributed by atoms with Crippen LogP contribution in [-0.2, 0) is 0 Å². The molecule has 0 N–H and O–H groups in total. The van der Waals surface area contributed by atoms with Crippen LogP contribution in [0.25, 0.3) is 0 Å². The van der Waals surface area contributed by atoms with E-state index in [0.717, 1.165) is 0 Å². The van der Waals surface area contributed by atoms with Crippen molar-refractivity contribution in [1.82, 2.24) is 0 Å². The maximum absolute atomic E-state index is 2.30. The highest BCUT2D eigenvalue weighted by Crippen LogP contribution is 2.20. The topological polar surface area (TPSA) is 0 Å². The molecular formula is C18H20. The Labute approximate surface area is 110 Å². The zero-order valence-corrected chi connectivity index (χ0v) is 11.1. The molecule has 2 aromatic carbocycles. The molecular weight excluding hydrogens is 216 g/mol. The summed E-state index contributed by atoms with van der Waals surface area (Å²) < 4.78 is 0. The summed E-state index contributed by atoms with van der Waals surface area (Å²) in [6, 6.07) is 21.2. The zero-order valence-electron chi connectivity index (χ0n) is 11.1. The van der Waals surface area contributed by atoms with E-state index in [9.17, 15) is 0 Å². The number of benzene rings is 2. The van der Waals surface area contributed by atoms with Crippen molar-refractivity contribution in [3.63, 3.8) is 0 Å². The van der Waals surface area contributed by atoms with E-state index in [2.05, 4.69) is 86.7 Å². The van der Waals surface area contributed by atoms with Crippen molar-refractivity contribution < 1.29 is 0 Å². The zero-order chi connectivity index (χ0) is 12.8. The fourth-order valence-electron chi connectivity index (χ4n) is 2.07. The third-order valence-electron chi connectivity index (χ3n) is 3.34. The van der Waals surface area contributed by atoms with E-state index in [-0.39, 0.29) is 0 Å². The Hall–Kier alpha value is -1.82. The number of rotatable bonds is 4. The molecule has 0 heteroatoms. The predicted octanol–water partition coefficient (Wildman–Crippen LogP) is 5.15. The molecule has 0 saturated carbocycles. The highest BCUT2D eigenvalue weighted by Gasteiger charge is 2.03. The van der Waals surface area contributed by atoms with Gasteiger partial charge in [-0.1, -0.05) is 86.7 Å². The van der Waals surface area contributed by atoms with Crippen LogP contribution in [0.2, 0.25) is 0 Å². The molecule has 2 aromatic rings. The fraction of sp³-hybridized carbons (Fsp3) is 0.222. The smallest absolute Gasteiger partial charge is 0.00102 e. The van der Waals surface area contributed by atoms with Gasteiger partial charge in [-0.25, -0.2) is 0 Å². The van der Waals surface area contributed by atoms with E-state index in [0.29, 0.717) is 11.8 Å². The summed E-state index contributed by atoms with van der Waals surface area (Å²) >= 11 is 0. The Balaban J connectivity index is 2.03. The van der Waals surface area contributed by atoms with Gasteiger partial charge in [0.25, 0.3) is 0 Å². The fourth-order valence-corrected chi connectivity index (χ4v) is 2.07. The molecule has 0 aromatic heterocycles. The average molecular weight is 236 g/mol. The average Bonchev–Trinajstić information content (AvgIpc) is 2.46. The monoisotopic (exact) mass is 236 g/mol. The van der Waals surface area contributed by atoms with Crippen molar-refractivity contribution >= 4 is 0 Å². The van der Waals surface area contributed by atoms with Crippen molar-refractivity contribution in [2.45, 2.75) is 25.7 Å². The van der Waals surface area contributed by atoms with Crippen LogP contribution in [0, 0.1) is 0 Å². The molecule has 0 nitrogen and oxygen atoms in total. The lowest BCUT2D eigenvalue weighted by Crippen LogP contribution is -1.92. The quantitative estimate of drug-likeness (QED) is 0.644. The first kappa shape index (κ1) is 12.6. The molecule has 2 rings (SSSR count). The summed E-state index contributed by atoms with van der Waals surface area (Å²) in [7, 11) is 0. The standard InChI is InChI=1S/C18H20/c1-15(17-9-5-3-6-10-17)13-14-16(2)18-11-7-4-8-12-18/h3-16H,1-2H3/b14-13+/t15-,16?/m1/s1. The van der Waals surface area contributed by atoms with Crippen molar-refractivity contribution in [3.05, 3.63) is 83.9 Å². The molecule has 92 valence electrons. The van der Waals surface area contributed by atoms with Crippen LogP contribution < -0.4 is 0 Å². The van der Waals surface area contributed by atoms with Crippen molar-refractivity contribution in [3.8, 4) is 0 Å². The van der Waals surface area contributed by atoms with E-state index in [1.54, 1.807) is 0 Å². The lowest BCUT2D eigenvalue weighted by atomic mass is 9.96. The highest BCUT2D eigenvalue weighted by atomic mass is 14.1. The van der Waals surface area contributed by atoms with Gasteiger partial charge in [-0.05, 0) is 23.0 Å². The summed E-state index contributed by atoms with van der Waals surface area (Å²) in [5.74, 6) is 0.940. The minimum Gasteiger partial charge on any atom is -0.0807 e. The Kier molecular flexibility index (Phi) is 4.35. The molecule has 1 unspecified atom stereocenters. The van der Waals surface area contributed by atoms with E-state index >= 15 is 0 Å². The van der Waals surface area contributed by atoms with Crippen LogP contribution in [0.15, 0.2) is 72.8 Å². The highest BCUT2D eigenvalue weighted by molar-refractivity contribution is 5.26. The molecule has 0 radical (unpaired) electrons. The van der Waals surface area contributed by atoms with Gasteiger partial charge >= 0.3 is 0 Å². The summed E-state index contributed by atoms with van der Waals surface area (Å²) in [5.41, 5.74) is 2.74. The lowest BCUT2D eigenvalue weighted by Gasteiger charge is -2.09. The largest absolute Gasteiger partial charge is 0.0807 e. The van der Waals surface area contributed by atoms with Gasteiger partial charge in [0.1, 0.15) is 0 Å². The molecule has 0 fully saturated rings. The molecule has 0 bridgehead atoms. The summed E-state index contributed by atoms with van der Waals surface area (Å²) in [5, 5.41) is 0. The summed E-state index contributed by atoms with van der Waals surface area (Å²) in [6.45, 7) is 4.48. The number of allylic oxidation sites excluding steroid dienone is 2. The van der Waals surface area contributed by atoms with E-state index in [1.165, 1.54) is 11.1 Å². The molecule has 0 aliphatic carbocycles. The Bertz CT molecular complexity index is 434. The van der Waals surface area contributed by atoms with Crippen LogP contribution >= 0.6 is 0 Å². The molecule has 0 spiro atoms. The van der Waals surface area contributed by atoms with Gasteiger partial charge in [0, 0.05) is 0 Å².